The third-order valence-electron chi connectivity index (χ3n) is 3.25. The number of hydrogen-bond acceptors (Lipinski definition) is 5. The second-order valence-corrected chi connectivity index (χ2v) is 4.68. The van der Waals surface area contributed by atoms with Gasteiger partial charge in [0.05, 0.1) is 19.2 Å². The van der Waals surface area contributed by atoms with E-state index < -0.39 is 6.10 Å². The van der Waals surface area contributed by atoms with Crippen LogP contribution in [0, 0.1) is 11.3 Å². The SMILES string of the molecule is N#CC1CN(CC(=O)NC2CCOCC2)CCO1. The zero-order valence-corrected chi connectivity index (χ0v) is 10.4. The number of morpholine rings is 1. The molecule has 18 heavy (non-hydrogen) atoms. The quantitative estimate of drug-likeness (QED) is 0.734. The number of carbonyl (C=O) groups excluding carboxylic acids is 1. The van der Waals surface area contributed by atoms with Crippen LogP contribution in [0.3, 0.4) is 0 Å². The van der Waals surface area contributed by atoms with E-state index in [9.17, 15) is 4.79 Å². The molecule has 1 amide bonds. The van der Waals surface area contributed by atoms with E-state index in [4.69, 9.17) is 14.7 Å². The van der Waals surface area contributed by atoms with Crippen LogP contribution in [0.4, 0.5) is 0 Å². The van der Waals surface area contributed by atoms with Crippen LogP contribution in [0.5, 0.6) is 0 Å². The van der Waals surface area contributed by atoms with Crippen LogP contribution in [0.1, 0.15) is 12.8 Å². The molecule has 1 N–H and O–H groups in total. The van der Waals surface area contributed by atoms with Gasteiger partial charge in [0.1, 0.15) is 0 Å². The van der Waals surface area contributed by atoms with Crippen molar-refractivity contribution in [3.8, 4) is 6.07 Å². The Balaban J connectivity index is 1.71. The lowest BCUT2D eigenvalue weighted by atomic mass is 10.1. The molecule has 2 aliphatic heterocycles. The smallest absolute Gasteiger partial charge is 0.234 e. The lowest BCUT2D eigenvalue weighted by Gasteiger charge is -2.30. The van der Waals surface area contributed by atoms with E-state index in [0.29, 0.717) is 26.2 Å². The fraction of sp³-hybridized carbons (Fsp3) is 0.833. The van der Waals surface area contributed by atoms with Crippen molar-refractivity contribution in [3.05, 3.63) is 0 Å². The highest BCUT2D eigenvalue weighted by Crippen LogP contribution is 2.07. The molecule has 0 spiro atoms. The van der Waals surface area contributed by atoms with Gasteiger partial charge in [-0.2, -0.15) is 5.26 Å². The zero-order valence-electron chi connectivity index (χ0n) is 10.4. The van der Waals surface area contributed by atoms with Gasteiger partial charge in [-0.05, 0) is 12.8 Å². The van der Waals surface area contributed by atoms with E-state index >= 15 is 0 Å². The van der Waals surface area contributed by atoms with Gasteiger partial charge in [-0.3, -0.25) is 9.69 Å². The summed E-state index contributed by atoms with van der Waals surface area (Å²) in [5, 5.41) is 11.8. The molecule has 1 unspecified atom stereocenters. The van der Waals surface area contributed by atoms with Gasteiger partial charge >= 0.3 is 0 Å². The predicted molar refractivity (Wildman–Crippen MR) is 63.8 cm³/mol. The van der Waals surface area contributed by atoms with Gasteiger partial charge < -0.3 is 14.8 Å². The Kier molecular flexibility index (Phi) is 4.93. The van der Waals surface area contributed by atoms with Gasteiger partial charge in [-0.25, -0.2) is 0 Å². The van der Waals surface area contributed by atoms with E-state index in [1.165, 1.54) is 0 Å². The molecule has 0 aromatic carbocycles. The van der Waals surface area contributed by atoms with Crippen molar-refractivity contribution < 1.29 is 14.3 Å². The first-order valence-electron chi connectivity index (χ1n) is 6.38. The fourth-order valence-corrected chi connectivity index (χ4v) is 2.24. The second-order valence-electron chi connectivity index (χ2n) is 4.68. The Labute approximate surface area is 107 Å². The average molecular weight is 253 g/mol. The van der Waals surface area contributed by atoms with Gasteiger partial charge in [0.15, 0.2) is 6.10 Å². The second kappa shape index (κ2) is 6.69. The lowest BCUT2D eigenvalue weighted by molar-refractivity contribution is -0.125. The predicted octanol–water partition coefficient (Wildman–Crippen LogP) is -0.494. The Morgan fingerprint density at radius 3 is 2.89 bits per heavy atom. The van der Waals surface area contributed by atoms with Gasteiger partial charge in [0, 0.05) is 32.3 Å². The van der Waals surface area contributed by atoms with Crippen LogP contribution < -0.4 is 5.32 Å². The molecule has 2 saturated heterocycles. The Bertz CT molecular complexity index is 323. The number of nitrogens with zero attached hydrogens (tertiary/aromatic N) is 2. The van der Waals surface area contributed by atoms with E-state index in [0.717, 1.165) is 26.1 Å². The normalized spacial score (nSPS) is 26.5. The number of hydrogen-bond donors (Lipinski definition) is 1. The standard InChI is InChI=1S/C12H19N3O3/c13-7-11-8-15(3-6-18-11)9-12(16)14-10-1-4-17-5-2-10/h10-11H,1-6,8-9H2,(H,14,16). The molecule has 0 aromatic rings. The van der Waals surface area contributed by atoms with Crippen LogP contribution >= 0.6 is 0 Å². The van der Waals surface area contributed by atoms with Crippen molar-refractivity contribution in [2.45, 2.75) is 25.0 Å². The molecule has 0 aromatic heterocycles. The van der Waals surface area contributed by atoms with E-state index in [2.05, 4.69) is 11.4 Å². The molecule has 0 radical (unpaired) electrons. The van der Waals surface area contributed by atoms with Crippen LogP contribution in [0.15, 0.2) is 0 Å². The number of nitrogens with one attached hydrogen (secondary N) is 1. The van der Waals surface area contributed by atoms with Crippen molar-refractivity contribution in [2.75, 3.05) is 39.5 Å². The molecule has 6 heteroatoms. The lowest BCUT2D eigenvalue weighted by Crippen LogP contribution is -2.49. The van der Waals surface area contributed by atoms with Crippen LogP contribution in [0.2, 0.25) is 0 Å². The first kappa shape index (κ1) is 13.3. The minimum Gasteiger partial charge on any atom is -0.381 e. The molecule has 1 atom stereocenters. The summed E-state index contributed by atoms with van der Waals surface area (Å²) in [6.45, 7) is 3.52. The van der Waals surface area contributed by atoms with E-state index in [-0.39, 0.29) is 11.9 Å². The Morgan fingerprint density at radius 1 is 1.39 bits per heavy atom. The number of amides is 1. The molecule has 6 nitrogen and oxygen atoms in total. The highest BCUT2D eigenvalue weighted by molar-refractivity contribution is 5.78. The Hall–Kier alpha value is -1.16. The van der Waals surface area contributed by atoms with Gasteiger partial charge in [-0.15, -0.1) is 0 Å². The summed E-state index contributed by atoms with van der Waals surface area (Å²) in [7, 11) is 0. The van der Waals surface area contributed by atoms with E-state index in [1.54, 1.807) is 0 Å². The number of nitriles is 1. The van der Waals surface area contributed by atoms with Crippen molar-refractivity contribution >= 4 is 5.91 Å². The molecule has 2 heterocycles. The minimum atomic E-state index is -0.408. The third kappa shape index (κ3) is 3.95. The Morgan fingerprint density at radius 2 is 2.17 bits per heavy atom. The monoisotopic (exact) mass is 253 g/mol. The first-order chi connectivity index (χ1) is 8.78. The van der Waals surface area contributed by atoms with Gasteiger partial charge in [0.25, 0.3) is 0 Å². The topological polar surface area (TPSA) is 74.6 Å². The summed E-state index contributed by atoms with van der Waals surface area (Å²) in [5.41, 5.74) is 0. The minimum absolute atomic E-state index is 0.0282. The molecule has 2 aliphatic rings. The highest BCUT2D eigenvalue weighted by atomic mass is 16.5. The number of carbonyl (C=O) groups is 1. The summed E-state index contributed by atoms with van der Waals surface area (Å²) in [6.07, 6.45) is 1.36. The first-order valence-corrected chi connectivity index (χ1v) is 6.38. The van der Waals surface area contributed by atoms with Crippen LogP contribution in [-0.2, 0) is 14.3 Å². The maximum atomic E-state index is 11.9. The van der Waals surface area contributed by atoms with Crippen molar-refractivity contribution in [1.29, 1.82) is 5.26 Å². The summed E-state index contributed by atoms with van der Waals surface area (Å²) in [4.78, 5) is 13.8. The average Bonchev–Trinajstić information content (AvgIpc) is 2.40. The summed E-state index contributed by atoms with van der Waals surface area (Å²) in [5.74, 6) is 0.0282. The zero-order chi connectivity index (χ0) is 12.8. The maximum Gasteiger partial charge on any atom is 0.234 e. The fourth-order valence-electron chi connectivity index (χ4n) is 2.24. The highest BCUT2D eigenvalue weighted by Gasteiger charge is 2.23. The maximum absolute atomic E-state index is 11.9. The molecular formula is C12H19N3O3. The van der Waals surface area contributed by atoms with Crippen LogP contribution in [-0.4, -0.2) is 62.4 Å². The summed E-state index contributed by atoms with van der Waals surface area (Å²) in [6, 6.07) is 2.31. The number of ether oxygens (including phenoxy) is 2. The summed E-state index contributed by atoms with van der Waals surface area (Å²) >= 11 is 0. The van der Waals surface area contributed by atoms with Crippen molar-refractivity contribution in [2.24, 2.45) is 0 Å². The molecule has 0 bridgehead atoms. The largest absolute Gasteiger partial charge is 0.381 e. The van der Waals surface area contributed by atoms with Gasteiger partial charge in [0.2, 0.25) is 5.91 Å². The third-order valence-corrected chi connectivity index (χ3v) is 3.25. The molecule has 0 aliphatic carbocycles. The number of rotatable bonds is 3. The molecule has 0 saturated carbocycles. The molecule has 2 rings (SSSR count). The summed E-state index contributed by atoms with van der Waals surface area (Å²) < 4.78 is 10.5. The van der Waals surface area contributed by atoms with Crippen molar-refractivity contribution in [3.63, 3.8) is 0 Å². The molecule has 2 fully saturated rings. The van der Waals surface area contributed by atoms with Crippen molar-refractivity contribution in [1.82, 2.24) is 10.2 Å². The molecule has 100 valence electrons. The molecular weight excluding hydrogens is 234 g/mol. The van der Waals surface area contributed by atoms with E-state index in [1.807, 2.05) is 4.90 Å². The van der Waals surface area contributed by atoms with Gasteiger partial charge in [-0.1, -0.05) is 0 Å². The van der Waals surface area contributed by atoms with Crippen LogP contribution in [0.25, 0.3) is 0 Å².